The van der Waals surface area contributed by atoms with Crippen molar-refractivity contribution in [3.05, 3.63) is 17.6 Å². The summed E-state index contributed by atoms with van der Waals surface area (Å²) in [6.45, 7) is 6.99. The Morgan fingerprint density at radius 1 is 1.38 bits per heavy atom. The monoisotopic (exact) mass is 372 g/mol. The largest absolute Gasteiger partial charge is 0.444 e. The Morgan fingerprint density at radius 3 is 2.65 bits per heavy atom. The molecule has 0 bridgehead atoms. The molecular formula is C17H23F3N4O2. The molecule has 1 aliphatic rings. The van der Waals surface area contributed by atoms with Crippen LogP contribution in [0, 0.1) is 0 Å². The lowest BCUT2D eigenvalue weighted by Crippen LogP contribution is -2.41. The van der Waals surface area contributed by atoms with Crippen LogP contribution in [0.25, 0.3) is 0 Å². The second kappa shape index (κ2) is 7.59. The van der Waals surface area contributed by atoms with Crippen LogP contribution in [0.3, 0.4) is 0 Å². The highest BCUT2D eigenvalue weighted by Crippen LogP contribution is 2.29. The van der Waals surface area contributed by atoms with Gasteiger partial charge in [-0.05, 0) is 46.5 Å². The van der Waals surface area contributed by atoms with Crippen LogP contribution in [0.15, 0.2) is 11.2 Å². The normalized spacial score (nSPS) is 19.7. The third-order valence-electron chi connectivity index (χ3n) is 3.72. The van der Waals surface area contributed by atoms with Gasteiger partial charge >= 0.3 is 12.3 Å². The number of hydrogen-bond acceptors (Lipinski definition) is 5. The highest BCUT2D eigenvalue weighted by molar-refractivity contribution is 5.95. The van der Waals surface area contributed by atoms with E-state index < -0.39 is 23.6 Å². The Labute approximate surface area is 150 Å². The highest BCUT2D eigenvalue weighted by Gasteiger charge is 2.34. The Morgan fingerprint density at radius 2 is 2.08 bits per heavy atom. The van der Waals surface area contributed by atoms with E-state index >= 15 is 0 Å². The summed E-state index contributed by atoms with van der Waals surface area (Å²) in [5.74, 6) is 0.161. The van der Waals surface area contributed by atoms with Gasteiger partial charge in [0.2, 0.25) is 0 Å². The quantitative estimate of drug-likeness (QED) is 0.862. The number of carbonyl (C=O) groups excluding carboxylic acids is 1. The maximum absolute atomic E-state index is 12.8. The van der Waals surface area contributed by atoms with Crippen molar-refractivity contribution >= 4 is 17.6 Å². The second-order valence-electron chi connectivity index (χ2n) is 7.07. The summed E-state index contributed by atoms with van der Waals surface area (Å²) in [5.41, 5.74) is -0.808. The molecule has 0 aromatic carbocycles. The van der Waals surface area contributed by atoms with Crippen LogP contribution >= 0.6 is 0 Å². The molecule has 1 aromatic rings. The van der Waals surface area contributed by atoms with E-state index in [9.17, 15) is 18.0 Å². The van der Waals surface area contributed by atoms with Gasteiger partial charge in [-0.3, -0.25) is 0 Å². The predicted octanol–water partition coefficient (Wildman–Crippen LogP) is 4.21. The van der Waals surface area contributed by atoms with Gasteiger partial charge in [0.1, 0.15) is 5.60 Å². The van der Waals surface area contributed by atoms with Gasteiger partial charge in [-0.25, -0.2) is 19.8 Å². The van der Waals surface area contributed by atoms with Gasteiger partial charge in [0, 0.05) is 5.71 Å². The van der Waals surface area contributed by atoms with Crippen LogP contribution in [-0.4, -0.2) is 33.4 Å². The number of alkyl halides is 3. The van der Waals surface area contributed by atoms with Gasteiger partial charge in [0.05, 0.1) is 17.9 Å². The smallest absolute Gasteiger partial charge is 0.434 e. The number of aliphatic imine (C=N–C) groups is 1. The molecule has 0 unspecified atom stereocenters. The predicted molar refractivity (Wildman–Crippen MR) is 90.5 cm³/mol. The molecule has 1 atom stereocenters. The van der Waals surface area contributed by atoms with Crippen molar-refractivity contribution in [2.24, 2.45) is 4.99 Å². The molecule has 1 fully saturated rings. The van der Waals surface area contributed by atoms with Gasteiger partial charge in [-0.1, -0.05) is 6.92 Å². The molecule has 1 N–H and O–H groups in total. The SMILES string of the molecule is CCc1nc(C(F)(F)F)cnc1N=C1CCC[C@@H]1NC(=O)OC(C)(C)C. The number of hydrogen-bond donors (Lipinski definition) is 1. The average Bonchev–Trinajstić information content (AvgIpc) is 2.91. The Bertz CT molecular complexity index is 696. The number of nitrogens with one attached hydrogen (secondary N) is 1. The number of halogens is 3. The van der Waals surface area contributed by atoms with Crippen LogP contribution in [0.4, 0.5) is 23.8 Å². The summed E-state index contributed by atoms with van der Waals surface area (Å²) in [5, 5.41) is 2.76. The molecule has 1 amide bonds. The minimum atomic E-state index is -4.54. The molecule has 0 aliphatic heterocycles. The molecule has 26 heavy (non-hydrogen) atoms. The number of aromatic nitrogens is 2. The molecule has 144 valence electrons. The molecule has 0 spiro atoms. The van der Waals surface area contributed by atoms with E-state index in [-0.39, 0.29) is 24.0 Å². The summed E-state index contributed by atoms with van der Waals surface area (Å²) in [7, 11) is 0. The Balaban J connectivity index is 2.21. The van der Waals surface area contributed by atoms with Gasteiger partial charge < -0.3 is 10.1 Å². The fourth-order valence-corrected chi connectivity index (χ4v) is 2.59. The molecular weight excluding hydrogens is 349 g/mol. The number of rotatable bonds is 3. The highest BCUT2D eigenvalue weighted by atomic mass is 19.4. The molecule has 2 rings (SSSR count). The fourth-order valence-electron chi connectivity index (χ4n) is 2.59. The second-order valence-corrected chi connectivity index (χ2v) is 7.07. The van der Waals surface area contributed by atoms with Crippen LogP contribution in [0.2, 0.25) is 0 Å². The van der Waals surface area contributed by atoms with E-state index in [1.807, 2.05) is 0 Å². The maximum atomic E-state index is 12.8. The molecule has 9 heteroatoms. The van der Waals surface area contributed by atoms with Crippen LogP contribution in [-0.2, 0) is 17.3 Å². The summed E-state index contributed by atoms with van der Waals surface area (Å²) in [6, 6.07) is -0.321. The van der Waals surface area contributed by atoms with Gasteiger partial charge in [0.25, 0.3) is 0 Å². The third kappa shape index (κ3) is 5.40. The number of aryl methyl sites for hydroxylation is 1. The van der Waals surface area contributed by atoms with Crippen molar-refractivity contribution in [3.63, 3.8) is 0 Å². The van der Waals surface area contributed by atoms with Crippen LogP contribution < -0.4 is 5.32 Å². The molecule has 0 saturated heterocycles. The molecule has 1 heterocycles. The van der Waals surface area contributed by atoms with Crippen molar-refractivity contribution in [1.82, 2.24) is 15.3 Å². The van der Waals surface area contributed by atoms with Crippen molar-refractivity contribution in [1.29, 1.82) is 0 Å². The van der Waals surface area contributed by atoms with E-state index in [0.717, 1.165) is 6.42 Å². The first-order chi connectivity index (χ1) is 12.0. The molecule has 6 nitrogen and oxygen atoms in total. The molecule has 1 aromatic heterocycles. The zero-order valence-corrected chi connectivity index (χ0v) is 15.3. The van der Waals surface area contributed by atoms with Crippen molar-refractivity contribution in [3.8, 4) is 0 Å². The Kier molecular flexibility index (Phi) is 5.87. The first-order valence-electron chi connectivity index (χ1n) is 8.49. The van der Waals surface area contributed by atoms with Gasteiger partial charge in [-0.2, -0.15) is 13.2 Å². The standard InChI is InChI=1S/C17H23F3N4O2/c1-5-10-14(21-9-13(22-10)17(18,19)20)23-11-7-6-8-12(11)24-15(25)26-16(2,3)4/h9,12H,5-8H2,1-4H3,(H,24,25)/t12-/m0/s1. The number of ether oxygens (including phenoxy) is 1. The van der Waals surface area contributed by atoms with Crippen LogP contribution in [0.5, 0.6) is 0 Å². The van der Waals surface area contributed by atoms with Crippen molar-refractivity contribution in [2.75, 3.05) is 0 Å². The number of amides is 1. The van der Waals surface area contributed by atoms with E-state index in [0.29, 0.717) is 24.8 Å². The minimum absolute atomic E-state index is 0.161. The lowest BCUT2D eigenvalue weighted by atomic mass is 10.2. The van der Waals surface area contributed by atoms with Crippen molar-refractivity contribution in [2.45, 2.75) is 71.2 Å². The van der Waals surface area contributed by atoms with Crippen molar-refractivity contribution < 1.29 is 22.7 Å². The zero-order valence-electron chi connectivity index (χ0n) is 15.3. The minimum Gasteiger partial charge on any atom is -0.444 e. The summed E-state index contributed by atoms with van der Waals surface area (Å²) in [6.07, 6.45) is -2.01. The maximum Gasteiger partial charge on any atom is 0.434 e. The lowest BCUT2D eigenvalue weighted by Gasteiger charge is -2.22. The topological polar surface area (TPSA) is 76.5 Å². The lowest BCUT2D eigenvalue weighted by molar-refractivity contribution is -0.141. The number of nitrogens with zero attached hydrogens (tertiary/aromatic N) is 3. The van der Waals surface area contributed by atoms with E-state index in [2.05, 4.69) is 20.3 Å². The number of alkyl carbamates (subject to hydrolysis) is 1. The number of carbonyl (C=O) groups is 1. The summed E-state index contributed by atoms with van der Waals surface area (Å²) < 4.78 is 43.6. The fraction of sp³-hybridized carbons (Fsp3) is 0.647. The average molecular weight is 372 g/mol. The van der Waals surface area contributed by atoms with E-state index in [4.69, 9.17) is 4.74 Å². The third-order valence-corrected chi connectivity index (χ3v) is 3.72. The van der Waals surface area contributed by atoms with Gasteiger partial charge in [0.15, 0.2) is 11.5 Å². The Hall–Kier alpha value is -2.19. The molecule has 1 aliphatic carbocycles. The molecule has 0 radical (unpaired) electrons. The first kappa shape index (κ1) is 20.1. The zero-order chi connectivity index (χ0) is 19.5. The summed E-state index contributed by atoms with van der Waals surface area (Å²) in [4.78, 5) is 23.8. The molecule has 1 saturated carbocycles. The first-order valence-corrected chi connectivity index (χ1v) is 8.49. The van der Waals surface area contributed by atoms with E-state index in [1.165, 1.54) is 0 Å². The summed E-state index contributed by atoms with van der Waals surface area (Å²) >= 11 is 0. The van der Waals surface area contributed by atoms with E-state index in [1.54, 1.807) is 27.7 Å². The van der Waals surface area contributed by atoms with Crippen LogP contribution in [0.1, 0.15) is 58.3 Å². The van der Waals surface area contributed by atoms with Gasteiger partial charge in [-0.15, -0.1) is 0 Å².